The van der Waals surface area contributed by atoms with Crippen molar-refractivity contribution in [2.75, 3.05) is 13.7 Å². The maximum absolute atomic E-state index is 14.0. The Labute approximate surface area is 219 Å². The summed E-state index contributed by atoms with van der Waals surface area (Å²) in [6, 6.07) is 4.04. The number of ether oxygens (including phenoxy) is 1. The summed E-state index contributed by atoms with van der Waals surface area (Å²) in [4.78, 5) is 59.2. The van der Waals surface area contributed by atoms with Crippen molar-refractivity contribution in [2.24, 2.45) is 11.8 Å². The molecule has 37 heavy (non-hydrogen) atoms. The summed E-state index contributed by atoms with van der Waals surface area (Å²) in [5.41, 5.74) is 1.29. The largest absolute Gasteiger partial charge is 0.379 e. The lowest BCUT2D eigenvalue weighted by Gasteiger charge is -2.41. The van der Waals surface area contributed by atoms with Crippen LogP contribution in [0.4, 0.5) is 4.39 Å². The second-order valence-electron chi connectivity index (χ2n) is 10.7. The van der Waals surface area contributed by atoms with Crippen molar-refractivity contribution in [3.05, 3.63) is 45.9 Å². The van der Waals surface area contributed by atoms with E-state index in [1.54, 1.807) is 12.0 Å². The molecule has 5 aliphatic rings. The van der Waals surface area contributed by atoms with Crippen LogP contribution in [0.15, 0.2) is 29.5 Å². The van der Waals surface area contributed by atoms with E-state index in [1.165, 1.54) is 28.0 Å². The van der Waals surface area contributed by atoms with Crippen molar-refractivity contribution in [1.29, 1.82) is 0 Å². The van der Waals surface area contributed by atoms with Crippen molar-refractivity contribution in [3.63, 3.8) is 0 Å². The molecule has 0 aromatic heterocycles. The summed E-state index contributed by atoms with van der Waals surface area (Å²) >= 11 is 5.90. The normalized spacial score (nSPS) is 30.3. The summed E-state index contributed by atoms with van der Waals surface area (Å²) in [6.45, 7) is 0.412. The molecule has 0 bridgehead atoms. The third-order valence-corrected chi connectivity index (χ3v) is 8.80. The van der Waals surface area contributed by atoms with Gasteiger partial charge in [0.25, 0.3) is 11.8 Å². The number of amides is 3. The predicted molar refractivity (Wildman–Crippen MR) is 130 cm³/mol. The van der Waals surface area contributed by atoms with Crippen LogP contribution in [0.5, 0.6) is 0 Å². The van der Waals surface area contributed by atoms with Gasteiger partial charge in [-0.15, -0.1) is 0 Å². The number of benzene rings is 1. The van der Waals surface area contributed by atoms with Gasteiger partial charge in [0, 0.05) is 20.2 Å². The molecule has 10 heteroatoms. The number of Topliss-reactive ketones (excluding diaryl/α,β-unsaturated/α-hetero) is 1. The molecule has 3 amide bonds. The second kappa shape index (κ2) is 9.20. The van der Waals surface area contributed by atoms with Crippen molar-refractivity contribution in [3.8, 4) is 0 Å². The van der Waals surface area contributed by atoms with Gasteiger partial charge >= 0.3 is 0 Å². The number of likely N-dealkylation sites (tertiary alicyclic amines) is 1. The number of ketones is 1. The third-order valence-electron chi connectivity index (χ3n) is 8.51. The van der Waals surface area contributed by atoms with Gasteiger partial charge in [-0.05, 0) is 61.3 Å². The first-order valence-electron chi connectivity index (χ1n) is 13.0. The van der Waals surface area contributed by atoms with Gasteiger partial charge in [-0.25, -0.2) is 4.39 Å². The SMILES string of the molecule is CO[C@@H]1CCCC[C@H]1N1C(=O)C2=C3CCN(Cc4ccc(F)c(Cl)c4)C(=O)C3C(=O)C(=O)N2C1C1CC1. The van der Waals surface area contributed by atoms with E-state index in [4.69, 9.17) is 16.3 Å². The molecule has 0 N–H and O–H groups in total. The lowest BCUT2D eigenvalue weighted by molar-refractivity contribution is -0.154. The Balaban J connectivity index is 1.35. The molecular formula is C27H29ClFN3O5. The zero-order valence-corrected chi connectivity index (χ0v) is 21.4. The zero-order chi connectivity index (χ0) is 26.0. The monoisotopic (exact) mass is 529 g/mol. The van der Waals surface area contributed by atoms with Gasteiger partial charge in [-0.3, -0.25) is 24.1 Å². The van der Waals surface area contributed by atoms with E-state index in [-0.39, 0.29) is 47.8 Å². The van der Waals surface area contributed by atoms with Crippen LogP contribution in [0.3, 0.4) is 0 Å². The van der Waals surface area contributed by atoms with Crippen molar-refractivity contribution >= 4 is 35.1 Å². The molecule has 1 aromatic carbocycles. The smallest absolute Gasteiger partial charge is 0.297 e. The average molecular weight is 530 g/mol. The highest BCUT2D eigenvalue weighted by molar-refractivity contribution is 6.44. The molecule has 3 heterocycles. The predicted octanol–water partition coefficient (Wildman–Crippen LogP) is 3.03. The summed E-state index contributed by atoms with van der Waals surface area (Å²) in [5, 5.41) is -0.0517. The molecule has 4 fully saturated rings. The van der Waals surface area contributed by atoms with E-state index in [0.717, 1.165) is 38.5 Å². The molecule has 1 aromatic rings. The minimum Gasteiger partial charge on any atom is -0.379 e. The molecule has 196 valence electrons. The minimum absolute atomic E-state index is 0.0517. The Bertz CT molecular complexity index is 1230. The molecule has 3 aliphatic heterocycles. The van der Waals surface area contributed by atoms with Gasteiger partial charge in [-0.2, -0.15) is 0 Å². The van der Waals surface area contributed by atoms with Crippen molar-refractivity contribution in [1.82, 2.24) is 14.7 Å². The minimum atomic E-state index is -1.29. The average Bonchev–Trinajstić information content (AvgIpc) is 3.69. The molecule has 8 nitrogen and oxygen atoms in total. The number of piperidine rings is 1. The number of halogens is 2. The van der Waals surface area contributed by atoms with Gasteiger partial charge in [0.05, 0.1) is 17.2 Å². The fourth-order valence-corrected chi connectivity index (χ4v) is 6.79. The number of hydrogen-bond donors (Lipinski definition) is 0. The lowest BCUT2D eigenvalue weighted by atomic mass is 9.82. The van der Waals surface area contributed by atoms with E-state index in [2.05, 4.69) is 0 Å². The Morgan fingerprint density at radius 3 is 2.51 bits per heavy atom. The molecule has 0 radical (unpaired) electrons. The molecular weight excluding hydrogens is 501 g/mol. The molecule has 2 aliphatic carbocycles. The number of rotatable bonds is 5. The van der Waals surface area contributed by atoms with E-state index in [9.17, 15) is 23.6 Å². The summed E-state index contributed by atoms with van der Waals surface area (Å²) in [5.74, 6) is -4.06. The Morgan fingerprint density at radius 2 is 1.81 bits per heavy atom. The number of carbonyl (C=O) groups excluding carboxylic acids is 4. The van der Waals surface area contributed by atoms with E-state index in [1.807, 2.05) is 0 Å². The highest BCUT2D eigenvalue weighted by atomic mass is 35.5. The molecule has 2 saturated carbocycles. The van der Waals surface area contributed by atoms with E-state index >= 15 is 0 Å². The number of carbonyl (C=O) groups is 4. The fraction of sp³-hybridized carbons (Fsp3) is 0.556. The van der Waals surface area contributed by atoms with Crippen LogP contribution >= 0.6 is 11.6 Å². The van der Waals surface area contributed by atoms with Gasteiger partial charge in [0.1, 0.15) is 23.6 Å². The van der Waals surface area contributed by atoms with Crippen LogP contribution in [0, 0.1) is 17.7 Å². The first kappa shape index (κ1) is 24.6. The molecule has 2 saturated heterocycles. The second-order valence-corrected chi connectivity index (χ2v) is 11.1. The van der Waals surface area contributed by atoms with Crippen molar-refractivity contribution in [2.45, 2.75) is 69.8 Å². The molecule has 4 atom stereocenters. The first-order chi connectivity index (χ1) is 17.8. The zero-order valence-electron chi connectivity index (χ0n) is 20.6. The maximum atomic E-state index is 14.0. The number of fused-ring (bicyclic) bond motifs is 2. The summed E-state index contributed by atoms with van der Waals surface area (Å²) in [7, 11) is 1.65. The number of methoxy groups -OCH3 is 1. The summed E-state index contributed by atoms with van der Waals surface area (Å²) in [6.07, 6.45) is 5.06. The van der Waals surface area contributed by atoms with E-state index < -0.39 is 35.5 Å². The Kier molecular flexibility index (Phi) is 6.11. The lowest BCUT2D eigenvalue weighted by Crippen LogP contribution is -2.57. The van der Waals surface area contributed by atoms with Crippen LogP contribution in [0.2, 0.25) is 5.02 Å². The highest BCUT2D eigenvalue weighted by Gasteiger charge is 2.61. The Hall–Kier alpha value is -2.78. The van der Waals surface area contributed by atoms with Crippen LogP contribution in [-0.4, -0.2) is 70.2 Å². The first-order valence-corrected chi connectivity index (χ1v) is 13.4. The van der Waals surface area contributed by atoms with Crippen molar-refractivity contribution < 1.29 is 28.3 Å². The molecule has 2 unspecified atom stereocenters. The maximum Gasteiger partial charge on any atom is 0.297 e. The van der Waals surface area contributed by atoms with E-state index in [0.29, 0.717) is 17.6 Å². The van der Waals surface area contributed by atoms with Gasteiger partial charge in [0.2, 0.25) is 11.7 Å². The van der Waals surface area contributed by atoms with Gasteiger partial charge < -0.3 is 14.5 Å². The highest BCUT2D eigenvalue weighted by Crippen LogP contribution is 2.49. The number of nitrogens with zero attached hydrogens (tertiary/aromatic N) is 3. The van der Waals surface area contributed by atoms with Crippen LogP contribution in [0.1, 0.15) is 50.5 Å². The Morgan fingerprint density at radius 1 is 1.05 bits per heavy atom. The van der Waals surface area contributed by atoms with Crippen LogP contribution in [-0.2, 0) is 30.5 Å². The van der Waals surface area contributed by atoms with Gasteiger partial charge in [-0.1, -0.05) is 30.5 Å². The standard InChI is InChI=1S/C27H29ClFN3O5/c1-37-20-5-3-2-4-19(20)31-24(15-7-8-15)32-22(26(31)35)16-10-11-30(25(34)21(16)23(33)27(32)36)13-14-6-9-18(29)17(28)12-14/h6,9,12,15,19-21,24H,2-5,7-8,10-11,13H2,1H3/t19-,20-,21?,24?/m1/s1. The topological polar surface area (TPSA) is 87.2 Å². The quantitative estimate of drug-likeness (QED) is 0.432. The molecule has 0 spiro atoms. The number of hydrogen-bond acceptors (Lipinski definition) is 5. The molecule has 6 rings (SSSR count). The van der Waals surface area contributed by atoms with Crippen LogP contribution < -0.4 is 0 Å². The third kappa shape index (κ3) is 3.89. The fourth-order valence-electron chi connectivity index (χ4n) is 6.59. The van der Waals surface area contributed by atoms with Crippen LogP contribution in [0.25, 0.3) is 0 Å². The van der Waals surface area contributed by atoms with Gasteiger partial charge in [0.15, 0.2) is 0 Å². The summed E-state index contributed by atoms with van der Waals surface area (Å²) < 4.78 is 19.3.